The van der Waals surface area contributed by atoms with Crippen LogP contribution in [0.25, 0.3) is 11.2 Å². The van der Waals surface area contributed by atoms with Crippen LogP contribution in [0, 0.1) is 0 Å². The molecular formula is C31H50N6O4Si2. The van der Waals surface area contributed by atoms with Crippen molar-refractivity contribution in [1.82, 2.24) is 19.5 Å². The van der Waals surface area contributed by atoms with Gasteiger partial charge in [-0.1, -0.05) is 66.3 Å². The maximum Gasteiger partial charge on any atom is 0.247 e. The lowest BCUT2D eigenvalue weighted by Gasteiger charge is -2.40. The largest absolute Gasteiger partial charge is 0.472 e. The van der Waals surface area contributed by atoms with E-state index >= 15 is 0 Å². The Morgan fingerprint density at radius 3 is 2.37 bits per heavy atom. The number of nitrogens with two attached hydrogens (primary N) is 1. The number of nitrogens with zero attached hydrogens (tertiary/aromatic N) is 4. The van der Waals surface area contributed by atoms with Crippen molar-refractivity contribution in [2.24, 2.45) is 0 Å². The first-order chi connectivity index (χ1) is 19.9. The third-order valence-electron chi connectivity index (χ3n) is 9.09. The summed E-state index contributed by atoms with van der Waals surface area (Å²) in [6, 6.07) is 7.47. The highest BCUT2D eigenvalue weighted by Gasteiger charge is 2.47. The van der Waals surface area contributed by atoms with Crippen molar-refractivity contribution in [3.05, 3.63) is 43.2 Å². The summed E-state index contributed by atoms with van der Waals surface area (Å²) in [5.74, 6) is 0.696. The first kappa shape index (κ1) is 33.1. The number of hydrogen-bond acceptors (Lipinski definition) is 9. The maximum atomic E-state index is 6.98. The molecule has 3 aromatic rings. The number of nitrogen functional groups attached to an aromatic ring is 1. The molecule has 3 heterocycles. The second kappa shape index (κ2) is 12.3. The Kier molecular flexibility index (Phi) is 9.48. The second-order valence-electron chi connectivity index (χ2n) is 14.3. The Bertz CT molecular complexity index is 1430. The molecule has 4 rings (SSSR count). The molecule has 0 amide bonds. The molecule has 3 atom stereocenters. The van der Waals surface area contributed by atoms with Crippen LogP contribution in [0.15, 0.2) is 43.2 Å². The molecule has 43 heavy (non-hydrogen) atoms. The summed E-state index contributed by atoms with van der Waals surface area (Å²) in [6.45, 7) is 27.1. The number of hydrogen-bond donors (Lipinski definition) is 2. The Labute approximate surface area is 258 Å². The van der Waals surface area contributed by atoms with E-state index in [0.29, 0.717) is 47.4 Å². The van der Waals surface area contributed by atoms with Gasteiger partial charge < -0.3 is 29.4 Å². The minimum atomic E-state index is -2.10. The summed E-state index contributed by atoms with van der Waals surface area (Å²) in [5, 5.41) is 3.38. The van der Waals surface area contributed by atoms with Crippen LogP contribution >= 0.6 is 0 Å². The predicted octanol–water partition coefficient (Wildman–Crippen LogP) is 7.42. The van der Waals surface area contributed by atoms with Gasteiger partial charge in [0.15, 0.2) is 27.8 Å². The van der Waals surface area contributed by atoms with Gasteiger partial charge in [0.25, 0.3) is 0 Å². The van der Waals surface area contributed by atoms with Gasteiger partial charge in [-0.05, 0) is 48.4 Å². The molecule has 0 aliphatic carbocycles. The van der Waals surface area contributed by atoms with Crippen LogP contribution in [0.1, 0.15) is 54.2 Å². The molecule has 1 aliphatic heterocycles. The van der Waals surface area contributed by atoms with Crippen molar-refractivity contribution in [3.8, 4) is 5.88 Å². The molecule has 0 radical (unpaired) electrons. The normalized spacial score (nSPS) is 20.0. The molecule has 0 saturated carbocycles. The van der Waals surface area contributed by atoms with Crippen LogP contribution in [0.2, 0.25) is 36.3 Å². The Morgan fingerprint density at radius 1 is 1.07 bits per heavy atom. The minimum Gasteiger partial charge on any atom is -0.472 e. The van der Waals surface area contributed by atoms with Gasteiger partial charge in [0.05, 0.1) is 30.4 Å². The molecule has 1 aliphatic rings. The van der Waals surface area contributed by atoms with Gasteiger partial charge in [0, 0.05) is 6.42 Å². The van der Waals surface area contributed by atoms with E-state index in [4.69, 9.17) is 29.0 Å². The molecule has 1 aromatic carbocycles. The van der Waals surface area contributed by atoms with E-state index in [1.165, 1.54) is 0 Å². The van der Waals surface area contributed by atoms with Gasteiger partial charge in [-0.3, -0.25) is 4.57 Å². The average Bonchev–Trinajstić information content (AvgIpc) is 3.49. The highest BCUT2D eigenvalue weighted by molar-refractivity contribution is 6.74. The lowest BCUT2D eigenvalue weighted by Crippen LogP contribution is -2.48. The first-order valence-corrected chi connectivity index (χ1v) is 20.8. The van der Waals surface area contributed by atoms with E-state index in [1.807, 2.05) is 28.8 Å². The van der Waals surface area contributed by atoms with Crippen molar-refractivity contribution in [2.75, 3.05) is 24.3 Å². The van der Waals surface area contributed by atoms with Gasteiger partial charge in [0.2, 0.25) is 11.8 Å². The zero-order chi connectivity index (χ0) is 31.8. The highest BCUT2D eigenvalue weighted by Crippen LogP contribution is 2.43. The molecule has 3 N–H and O–H groups in total. The van der Waals surface area contributed by atoms with E-state index < -0.39 is 16.6 Å². The third-order valence-corrected chi connectivity index (χ3v) is 18.1. The second-order valence-corrected chi connectivity index (χ2v) is 23.9. The van der Waals surface area contributed by atoms with Crippen LogP contribution in [0.3, 0.4) is 0 Å². The zero-order valence-corrected chi connectivity index (χ0v) is 29.5. The Balaban J connectivity index is 1.70. The standard InChI is InChI=1S/C31H50N6O4Si2/c1-12-17-38-28-26-27(35-29(36-28)34-22-16-14-13-15-21(22)32)37(20-33-26)25-18-23(41-43(10,11)31(5,6)7)24(40-25)19-39-42(8,9)30(2,3)4/h12-16,20,23-25H,1,17-19,32H2,2-11H3,(H,34,35,36)/t23-,24+,25+/m0/s1. The van der Waals surface area contributed by atoms with Crippen LogP contribution in [0.4, 0.5) is 17.3 Å². The summed E-state index contributed by atoms with van der Waals surface area (Å²) in [5.41, 5.74) is 8.60. The predicted molar refractivity (Wildman–Crippen MR) is 179 cm³/mol. The molecule has 0 spiro atoms. The molecule has 236 valence electrons. The monoisotopic (exact) mass is 626 g/mol. The average molecular weight is 627 g/mol. The van der Waals surface area contributed by atoms with E-state index in [-0.39, 0.29) is 35.1 Å². The van der Waals surface area contributed by atoms with Gasteiger partial charge in [-0.2, -0.15) is 9.97 Å². The van der Waals surface area contributed by atoms with Gasteiger partial charge in [-0.25, -0.2) is 4.98 Å². The fourth-order valence-electron chi connectivity index (χ4n) is 4.33. The number of fused-ring (bicyclic) bond motifs is 1. The van der Waals surface area contributed by atoms with Crippen LogP contribution in [0.5, 0.6) is 5.88 Å². The Hall–Kier alpha value is -2.78. The van der Waals surface area contributed by atoms with Crippen molar-refractivity contribution in [3.63, 3.8) is 0 Å². The number of aromatic nitrogens is 4. The van der Waals surface area contributed by atoms with Crippen molar-refractivity contribution < 1.29 is 18.3 Å². The van der Waals surface area contributed by atoms with E-state index in [1.54, 1.807) is 12.4 Å². The van der Waals surface area contributed by atoms with E-state index in [2.05, 4.69) is 89.6 Å². The number of rotatable bonds is 11. The lowest BCUT2D eigenvalue weighted by molar-refractivity contribution is -0.0383. The molecule has 12 heteroatoms. The van der Waals surface area contributed by atoms with E-state index in [9.17, 15) is 0 Å². The topological polar surface area (TPSA) is 119 Å². The summed E-state index contributed by atoms with van der Waals surface area (Å²) in [6.07, 6.45) is 3.34. The molecule has 0 unspecified atom stereocenters. The van der Waals surface area contributed by atoms with Crippen LogP contribution in [-0.2, 0) is 13.6 Å². The number of para-hydroxylation sites is 2. The van der Waals surface area contributed by atoms with E-state index in [0.717, 1.165) is 0 Å². The smallest absolute Gasteiger partial charge is 0.247 e. The van der Waals surface area contributed by atoms with Crippen molar-refractivity contribution in [2.45, 2.75) is 103 Å². The number of imidazole rings is 1. The van der Waals surface area contributed by atoms with Gasteiger partial charge >= 0.3 is 0 Å². The molecule has 0 bridgehead atoms. The number of benzene rings is 1. The molecule has 2 aromatic heterocycles. The lowest BCUT2D eigenvalue weighted by atomic mass is 10.2. The quantitative estimate of drug-likeness (QED) is 0.127. The fraction of sp³-hybridized carbons (Fsp3) is 0.581. The van der Waals surface area contributed by atoms with Crippen LogP contribution in [-0.4, -0.2) is 61.6 Å². The highest BCUT2D eigenvalue weighted by atomic mass is 28.4. The van der Waals surface area contributed by atoms with Crippen molar-refractivity contribution in [1.29, 1.82) is 0 Å². The van der Waals surface area contributed by atoms with Gasteiger partial charge in [0.1, 0.15) is 18.9 Å². The summed E-state index contributed by atoms with van der Waals surface area (Å²) < 4.78 is 28.3. The third kappa shape index (κ3) is 7.31. The number of nitrogens with one attached hydrogen (secondary N) is 1. The van der Waals surface area contributed by atoms with Crippen LogP contribution < -0.4 is 15.8 Å². The minimum absolute atomic E-state index is 0.0576. The fourth-order valence-corrected chi connectivity index (χ4v) is 6.71. The summed E-state index contributed by atoms with van der Waals surface area (Å²) in [7, 11) is -4.10. The zero-order valence-electron chi connectivity index (χ0n) is 27.5. The van der Waals surface area contributed by atoms with Crippen molar-refractivity contribution >= 4 is 45.1 Å². The molecular weight excluding hydrogens is 577 g/mol. The molecule has 10 nitrogen and oxygen atoms in total. The Morgan fingerprint density at radius 2 is 1.74 bits per heavy atom. The number of anilines is 3. The maximum absolute atomic E-state index is 6.98. The summed E-state index contributed by atoms with van der Waals surface area (Å²) in [4.78, 5) is 14.1. The first-order valence-electron chi connectivity index (χ1n) is 15.0. The van der Waals surface area contributed by atoms with Gasteiger partial charge in [-0.15, -0.1) is 0 Å². The molecule has 1 saturated heterocycles. The molecule has 1 fully saturated rings. The number of ether oxygens (including phenoxy) is 2. The SMILES string of the molecule is C=CCOc1nc(Nc2ccccc2N)nc2c1ncn2[C@H]1C[C@H](O[Si](C)(C)C(C)(C)C)[C@@H](CO[Si](C)(C)C(C)(C)C)O1. The summed E-state index contributed by atoms with van der Waals surface area (Å²) >= 11 is 0.